The summed E-state index contributed by atoms with van der Waals surface area (Å²) in [6.45, 7) is 3.03. The Morgan fingerprint density at radius 2 is 1.79 bits per heavy atom. The van der Waals surface area contributed by atoms with Crippen molar-refractivity contribution in [2.24, 2.45) is 0 Å². The van der Waals surface area contributed by atoms with Gasteiger partial charge < -0.3 is 24.0 Å². The molecule has 1 fully saturated rings. The molecule has 1 aliphatic heterocycles. The highest BCUT2D eigenvalue weighted by Crippen LogP contribution is 2.18. The fraction of sp³-hybridized carbons (Fsp3) is 0.421. The van der Waals surface area contributed by atoms with Crippen molar-refractivity contribution in [1.82, 2.24) is 9.80 Å². The van der Waals surface area contributed by atoms with Crippen molar-refractivity contribution >= 4 is 24.0 Å². The molecule has 1 aliphatic rings. The van der Waals surface area contributed by atoms with Gasteiger partial charge in [0.2, 0.25) is 0 Å². The highest BCUT2D eigenvalue weighted by molar-refractivity contribution is 5.89. The Kier molecular flexibility index (Phi) is 7.79. The maximum atomic E-state index is 13.6. The SMILES string of the molecule is CCOC(=O)N1CCN(C(=O)COC(=O)/C=C/c2ccc(OC)c(F)c2)CC1. The molecule has 0 N–H and O–H groups in total. The molecular formula is C19H23FN2O6. The molecule has 0 spiro atoms. The monoisotopic (exact) mass is 394 g/mol. The molecule has 1 aromatic rings. The van der Waals surface area contributed by atoms with Crippen molar-refractivity contribution in [2.45, 2.75) is 6.92 Å². The van der Waals surface area contributed by atoms with E-state index in [0.29, 0.717) is 38.3 Å². The lowest BCUT2D eigenvalue weighted by Gasteiger charge is -2.33. The lowest BCUT2D eigenvalue weighted by Crippen LogP contribution is -2.51. The van der Waals surface area contributed by atoms with Gasteiger partial charge >= 0.3 is 12.1 Å². The summed E-state index contributed by atoms with van der Waals surface area (Å²) in [5.41, 5.74) is 0.455. The minimum Gasteiger partial charge on any atom is -0.494 e. The third-order valence-electron chi connectivity index (χ3n) is 4.08. The number of esters is 1. The van der Waals surface area contributed by atoms with Gasteiger partial charge in [-0.05, 0) is 30.7 Å². The van der Waals surface area contributed by atoms with Gasteiger partial charge in [0.15, 0.2) is 18.2 Å². The first-order valence-electron chi connectivity index (χ1n) is 8.82. The van der Waals surface area contributed by atoms with Gasteiger partial charge in [0.25, 0.3) is 5.91 Å². The summed E-state index contributed by atoms with van der Waals surface area (Å²) in [7, 11) is 1.36. The Balaban J connectivity index is 1.76. The summed E-state index contributed by atoms with van der Waals surface area (Å²) in [5, 5.41) is 0. The second-order valence-electron chi connectivity index (χ2n) is 5.90. The molecule has 1 heterocycles. The van der Waals surface area contributed by atoms with Crippen molar-refractivity contribution in [1.29, 1.82) is 0 Å². The number of hydrogen-bond donors (Lipinski definition) is 0. The lowest BCUT2D eigenvalue weighted by molar-refractivity contribution is -0.148. The molecule has 0 aliphatic carbocycles. The first kappa shape index (κ1) is 21.2. The molecule has 0 saturated carbocycles. The van der Waals surface area contributed by atoms with Crippen LogP contribution in [0.1, 0.15) is 12.5 Å². The zero-order valence-corrected chi connectivity index (χ0v) is 15.9. The third-order valence-corrected chi connectivity index (χ3v) is 4.08. The molecule has 0 bridgehead atoms. The third kappa shape index (κ3) is 5.97. The molecule has 1 saturated heterocycles. The number of carbonyl (C=O) groups is 3. The Morgan fingerprint density at radius 3 is 2.39 bits per heavy atom. The normalized spacial score (nSPS) is 14.1. The van der Waals surface area contributed by atoms with E-state index in [9.17, 15) is 18.8 Å². The first-order valence-corrected chi connectivity index (χ1v) is 8.82. The van der Waals surface area contributed by atoms with Crippen LogP contribution in [-0.2, 0) is 19.1 Å². The summed E-state index contributed by atoms with van der Waals surface area (Å²) in [5.74, 6) is -1.50. The number of benzene rings is 1. The second kappa shape index (κ2) is 10.3. The largest absolute Gasteiger partial charge is 0.494 e. The smallest absolute Gasteiger partial charge is 0.409 e. The molecule has 152 valence electrons. The molecule has 0 unspecified atom stereocenters. The highest BCUT2D eigenvalue weighted by Gasteiger charge is 2.25. The number of hydrogen-bond acceptors (Lipinski definition) is 6. The topological polar surface area (TPSA) is 85.4 Å². The maximum Gasteiger partial charge on any atom is 0.409 e. The van der Waals surface area contributed by atoms with Crippen LogP contribution in [0.25, 0.3) is 6.08 Å². The van der Waals surface area contributed by atoms with Crippen LogP contribution >= 0.6 is 0 Å². The number of halogens is 1. The van der Waals surface area contributed by atoms with Gasteiger partial charge in [-0.15, -0.1) is 0 Å². The zero-order chi connectivity index (χ0) is 20.5. The molecule has 2 rings (SSSR count). The number of methoxy groups -OCH3 is 1. The van der Waals surface area contributed by atoms with Crippen LogP contribution in [0.4, 0.5) is 9.18 Å². The number of nitrogens with zero attached hydrogens (tertiary/aromatic N) is 2. The summed E-state index contributed by atoms with van der Waals surface area (Å²) in [6.07, 6.45) is 2.10. The van der Waals surface area contributed by atoms with Crippen LogP contribution < -0.4 is 4.74 Å². The van der Waals surface area contributed by atoms with E-state index in [4.69, 9.17) is 14.2 Å². The van der Waals surface area contributed by atoms with Gasteiger partial charge in [-0.2, -0.15) is 0 Å². The van der Waals surface area contributed by atoms with Gasteiger partial charge in [0.05, 0.1) is 13.7 Å². The van der Waals surface area contributed by atoms with Gasteiger partial charge in [0.1, 0.15) is 0 Å². The van der Waals surface area contributed by atoms with E-state index in [1.807, 2.05) is 0 Å². The zero-order valence-electron chi connectivity index (χ0n) is 15.9. The van der Waals surface area contributed by atoms with Crippen LogP contribution in [0.15, 0.2) is 24.3 Å². The number of piperazine rings is 1. The van der Waals surface area contributed by atoms with E-state index in [-0.39, 0.29) is 11.7 Å². The molecule has 28 heavy (non-hydrogen) atoms. The standard InChI is InChI=1S/C19H23FN2O6/c1-3-27-19(25)22-10-8-21(9-11-22)17(23)13-28-18(24)7-5-14-4-6-16(26-2)15(20)12-14/h4-7,12H,3,8-11,13H2,1-2H3/b7-5+. The Morgan fingerprint density at radius 1 is 1.11 bits per heavy atom. The molecule has 2 amide bonds. The quantitative estimate of drug-likeness (QED) is 0.539. The van der Waals surface area contributed by atoms with Crippen LogP contribution in [0.3, 0.4) is 0 Å². The number of amides is 2. The van der Waals surface area contributed by atoms with E-state index in [1.54, 1.807) is 13.0 Å². The maximum absolute atomic E-state index is 13.6. The summed E-state index contributed by atoms with van der Waals surface area (Å²) in [6, 6.07) is 4.25. The van der Waals surface area contributed by atoms with E-state index in [1.165, 1.54) is 35.1 Å². The van der Waals surface area contributed by atoms with E-state index in [2.05, 4.69) is 0 Å². The molecule has 0 aromatic heterocycles. The predicted octanol–water partition coefficient (Wildman–Crippen LogP) is 1.69. The lowest BCUT2D eigenvalue weighted by atomic mass is 10.2. The minimum atomic E-state index is -0.713. The average Bonchev–Trinajstić information content (AvgIpc) is 2.70. The second-order valence-corrected chi connectivity index (χ2v) is 5.90. The van der Waals surface area contributed by atoms with Gasteiger partial charge in [-0.25, -0.2) is 14.0 Å². The fourth-order valence-electron chi connectivity index (χ4n) is 2.58. The number of rotatable bonds is 6. The van der Waals surface area contributed by atoms with Gasteiger partial charge in [-0.3, -0.25) is 4.79 Å². The summed E-state index contributed by atoms with van der Waals surface area (Å²) < 4.78 is 28.3. The molecule has 8 nitrogen and oxygen atoms in total. The van der Waals surface area contributed by atoms with Crippen molar-refractivity contribution in [3.05, 3.63) is 35.7 Å². The van der Waals surface area contributed by atoms with Crippen molar-refractivity contribution in [3.63, 3.8) is 0 Å². The molecule has 9 heteroatoms. The number of carbonyl (C=O) groups excluding carboxylic acids is 3. The highest BCUT2D eigenvalue weighted by atomic mass is 19.1. The Hall–Kier alpha value is -3.10. The van der Waals surface area contributed by atoms with Crippen LogP contribution in [0.2, 0.25) is 0 Å². The van der Waals surface area contributed by atoms with Crippen LogP contribution in [0.5, 0.6) is 5.75 Å². The predicted molar refractivity (Wildman–Crippen MR) is 98.1 cm³/mol. The Bertz CT molecular complexity index is 744. The van der Waals surface area contributed by atoms with E-state index < -0.39 is 24.5 Å². The van der Waals surface area contributed by atoms with Crippen molar-refractivity contribution < 1.29 is 33.0 Å². The minimum absolute atomic E-state index is 0.105. The van der Waals surface area contributed by atoms with Crippen molar-refractivity contribution in [2.75, 3.05) is 46.5 Å². The van der Waals surface area contributed by atoms with E-state index in [0.717, 1.165) is 6.08 Å². The average molecular weight is 394 g/mol. The van der Waals surface area contributed by atoms with E-state index >= 15 is 0 Å². The number of ether oxygens (including phenoxy) is 3. The van der Waals surface area contributed by atoms with Crippen LogP contribution in [0, 0.1) is 5.82 Å². The summed E-state index contributed by atoms with van der Waals surface area (Å²) in [4.78, 5) is 38.5. The fourth-order valence-corrected chi connectivity index (χ4v) is 2.58. The summed E-state index contributed by atoms with van der Waals surface area (Å²) >= 11 is 0. The van der Waals surface area contributed by atoms with Crippen molar-refractivity contribution in [3.8, 4) is 5.75 Å². The first-order chi connectivity index (χ1) is 13.4. The van der Waals surface area contributed by atoms with Crippen LogP contribution in [-0.4, -0.2) is 74.3 Å². The Labute approximate surface area is 162 Å². The van der Waals surface area contributed by atoms with Gasteiger partial charge in [0, 0.05) is 32.3 Å². The molecule has 1 aromatic carbocycles. The van der Waals surface area contributed by atoms with Gasteiger partial charge in [-0.1, -0.05) is 6.07 Å². The molecular weight excluding hydrogens is 371 g/mol. The molecule has 0 radical (unpaired) electrons. The molecule has 0 atom stereocenters.